The lowest BCUT2D eigenvalue weighted by Crippen LogP contribution is -2.22. The topological polar surface area (TPSA) is 75.4 Å². The normalized spacial score (nSPS) is 11.9. The van der Waals surface area contributed by atoms with Crippen molar-refractivity contribution < 1.29 is 9.59 Å². The van der Waals surface area contributed by atoms with Crippen LogP contribution < -0.4 is 11.1 Å². The van der Waals surface area contributed by atoms with Crippen LogP contribution in [0, 0.1) is 12.8 Å². The van der Waals surface area contributed by atoms with Gasteiger partial charge in [-0.15, -0.1) is 0 Å². The highest BCUT2D eigenvalue weighted by Crippen LogP contribution is 2.18. The minimum Gasteiger partial charge on any atom is -0.345 e. The summed E-state index contributed by atoms with van der Waals surface area (Å²) < 4.78 is 0. The maximum atomic E-state index is 12.0. The highest BCUT2D eigenvalue weighted by molar-refractivity contribution is 5.97. The quantitative estimate of drug-likeness (QED) is 0.842. The van der Waals surface area contributed by atoms with Gasteiger partial charge in [0.1, 0.15) is 0 Å². The van der Waals surface area contributed by atoms with Crippen molar-refractivity contribution in [2.24, 2.45) is 11.7 Å². The van der Waals surface area contributed by atoms with E-state index in [1.165, 1.54) is 4.90 Å². The lowest BCUT2D eigenvalue weighted by molar-refractivity contribution is -0.116. The zero-order valence-corrected chi connectivity index (χ0v) is 13.3. The van der Waals surface area contributed by atoms with Crippen molar-refractivity contribution in [3.63, 3.8) is 0 Å². The van der Waals surface area contributed by atoms with Crippen molar-refractivity contribution in [2.75, 3.05) is 26.0 Å². The van der Waals surface area contributed by atoms with E-state index in [1.54, 1.807) is 26.2 Å². The fourth-order valence-corrected chi connectivity index (χ4v) is 1.86. The van der Waals surface area contributed by atoms with E-state index >= 15 is 0 Å². The molecular weight excluding hydrogens is 266 g/mol. The van der Waals surface area contributed by atoms with Crippen LogP contribution in [-0.2, 0) is 4.79 Å². The average Bonchev–Trinajstić information content (AvgIpc) is 2.46. The lowest BCUT2D eigenvalue weighted by Gasteiger charge is -2.14. The van der Waals surface area contributed by atoms with Crippen LogP contribution in [0.1, 0.15) is 35.7 Å². The molecule has 116 valence electrons. The molecule has 0 saturated carbocycles. The second kappa shape index (κ2) is 7.78. The Balaban J connectivity index is 2.76. The van der Waals surface area contributed by atoms with Crippen molar-refractivity contribution in [3.8, 4) is 0 Å². The Morgan fingerprint density at radius 3 is 2.57 bits per heavy atom. The molecule has 1 aromatic rings. The molecule has 0 aliphatic heterocycles. The fourth-order valence-electron chi connectivity index (χ4n) is 1.86. The van der Waals surface area contributed by atoms with E-state index in [1.807, 2.05) is 19.9 Å². The Labute approximate surface area is 126 Å². The highest BCUT2D eigenvalue weighted by Gasteiger charge is 2.12. The highest BCUT2D eigenvalue weighted by atomic mass is 16.2. The number of amides is 2. The van der Waals surface area contributed by atoms with Gasteiger partial charge in [0.15, 0.2) is 0 Å². The summed E-state index contributed by atoms with van der Waals surface area (Å²) in [5, 5.41) is 2.87. The first-order valence-corrected chi connectivity index (χ1v) is 7.17. The summed E-state index contributed by atoms with van der Waals surface area (Å²) in [7, 11) is 3.41. The summed E-state index contributed by atoms with van der Waals surface area (Å²) in [4.78, 5) is 25.4. The number of nitrogens with two attached hydrogens (primary N) is 1. The van der Waals surface area contributed by atoms with Gasteiger partial charge in [0, 0.05) is 31.8 Å². The molecule has 0 aliphatic carbocycles. The van der Waals surface area contributed by atoms with E-state index in [4.69, 9.17) is 5.73 Å². The number of hydrogen-bond acceptors (Lipinski definition) is 3. The van der Waals surface area contributed by atoms with Crippen molar-refractivity contribution in [2.45, 2.75) is 26.7 Å². The number of rotatable bonds is 6. The molecule has 3 N–H and O–H groups in total. The van der Waals surface area contributed by atoms with Gasteiger partial charge in [-0.2, -0.15) is 0 Å². The van der Waals surface area contributed by atoms with Gasteiger partial charge in [0.25, 0.3) is 5.91 Å². The number of carbonyl (C=O) groups is 2. The number of nitrogens with one attached hydrogen (secondary N) is 1. The number of benzene rings is 1. The Bertz CT molecular complexity index is 512. The molecule has 2 amide bonds. The number of carbonyl (C=O) groups excluding carboxylic acids is 2. The standard InChI is InChI=1S/C16H25N3O2/c1-11(10-17)5-8-15(20)18-14-9-13(7-6-12(14)2)16(21)19(3)4/h6-7,9,11H,5,8,10,17H2,1-4H3,(H,18,20). The van der Waals surface area contributed by atoms with E-state index < -0.39 is 0 Å². The largest absolute Gasteiger partial charge is 0.345 e. The maximum Gasteiger partial charge on any atom is 0.253 e. The Kier molecular flexibility index (Phi) is 6.37. The summed E-state index contributed by atoms with van der Waals surface area (Å²) in [5.74, 6) is 0.202. The minimum atomic E-state index is -0.0812. The number of aryl methyl sites for hydroxylation is 1. The van der Waals surface area contributed by atoms with Crippen LogP contribution in [0.15, 0.2) is 18.2 Å². The Hall–Kier alpha value is -1.88. The molecule has 0 radical (unpaired) electrons. The molecule has 1 unspecified atom stereocenters. The molecule has 0 spiro atoms. The van der Waals surface area contributed by atoms with E-state index in [0.29, 0.717) is 30.1 Å². The smallest absolute Gasteiger partial charge is 0.253 e. The van der Waals surface area contributed by atoms with Crippen LogP contribution in [0.5, 0.6) is 0 Å². The number of anilines is 1. The summed E-state index contributed by atoms with van der Waals surface area (Å²) in [6.45, 7) is 4.51. The molecule has 5 heteroatoms. The molecular formula is C16H25N3O2. The van der Waals surface area contributed by atoms with Crippen molar-refractivity contribution in [1.29, 1.82) is 0 Å². The summed E-state index contributed by atoms with van der Waals surface area (Å²) >= 11 is 0. The second-order valence-corrected chi connectivity index (χ2v) is 5.66. The van der Waals surface area contributed by atoms with Gasteiger partial charge in [-0.25, -0.2) is 0 Å². The third-order valence-corrected chi connectivity index (χ3v) is 3.43. The maximum absolute atomic E-state index is 12.0. The Morgan fingerprint density at radius 2 is 2.00 bits per heavy atom. The zero-order chi connectivity index (χ0) is 16.0. The zero-order valence-electron chi connectivity index (χ0n) is 13.3. The molecule has 0 heterocycles. The first-order chi connectivity index (χ1) is 9.85. The first kappa shape index (κ1) is 17.2. The average molecular weight is 291 g/mol. The molecule has 0 saturated heterocycles. The van der Waals surface area contributed by atoms with Crippen LogP contribution in [0.2, 0.25) is 0 Å². The molecule has 1 aromatic carbocycles. The van der Waals surface area contributed by atoms with Gasteiger partial charge < -0.3 is 16.0 Å². The number of hydrogen-bond donors (Lipinski definition) is 2. The summed E-state index contributed by atoms with van der Waals surface area (Å²) in [6.07, 6.45) is 1.20. The molecule has 1 atom stereocenters. The lowest BCUT2D eigenvalue weighted by atomic mass is 10.1. The van der Waals surface area contributed by atoms with Gasteiger partial charge in [0.05, 0.1) is 0 Å². The van der Waals surface area contributed by atoms with Crippen molar-refractivity contribution in [1.82, 2.24) is 4.90 Å². The molecule has 21 heavy (non-hydrogen) atoms. The second-order valence-electron chi connectivity index (χ2n) is 5.66. The van der Waals surface area contributed by atoms with Crippen molar-refractivity contribution in [3.05, 3.63) is 29.3 Å². The van der Waals surface area contributed by atoms with Gasteiger partial charge in [-0.05, 0) is 43.5 Å². The van der Waals surface area contributed by atoms with Gasteiger partial charge in [0.2, 0.25) is 5.91 Å². The monoisotopic (exact) mass is 291 g/mol. The number of nitrogens with zero attached hydrogens (tertiary/aromatic N) is 1. The van der Waals surface area contributed by atoms with Gasteiger partial charge in [-0.1, -0.05) is 13.0 Å². The molecule has 0 bridgehead atoms. The molecule has 0 fully saturated rings. The molecule has 0 aliphatic rings. The third-order valence-electron chi connectivity index (χ3n) is 3.43. The van der Waals surface area contributed by atoms with E-state index in [2.05, 4.69) is 5.32 Å². The van der Waals surface area contributed by atoms with Crippen LogP contribution in [0.3, 0.4) is 0 Å². The Morgan fingerprint density at radius 1 is 1.33 bits per heavy atom. The van der Waals surface area contributed by atoms with Gasteiger partial charge in [-0.3, -0.25) is 9.59 Å². The van der Waals surface area contributed by atoms with Gasteiger partial charge >= 0.3 is 0 Å². The van der Waals surface area contributed by atoms with Crippen molar-refractivity contribution >= 4 is 17.5 Å². The van der Waals surface area contributed by atoms with Crippen LogP contribution in [0.4, 0.5) is 5.69 Å². The van der Waals surface area contributed by atoms with E-state index in [0.717, 1.165) is 12.0 Å². The first-order valence-electron chi connectivity index (χ1n) is 7.17. The summed E-state index contributed by atoms with van der Waals surface area (Å²) in [5.41, 5.74) is 7.73. The fraction of sp³-hybridized carbons (Fsp3) is 0.500. The molecule has 0 aromatic heterocycles. The van der Waals surface area contributed by atoms with Crippen LogP contribution >= 0.6 is 0 Å². The van der Waals surface area contributed by atoms with E-state index in [9.17, 15) is 9.59 Å². The minimum absolute atomic E-state index is 0.0483. The van der Waals surface area contributed by atoms with Crippen LogP contribution in [0.25, 0.3) is 0 Å². The van der Waals surface area contributed by atoms with Crippen LogP contribution in [-0.4, -0.2) is 37.4 Å². The molecule has 5 nitrogen and oxygen atoms in total. The third kappa shape index (κ3) is 5.19. The SMILES string of the molecule is Cc1ccc(C(=O)N(C)C)cc1NC(=O)CCC(C)CN. The summed E-state index contributed by atoms with van der Waals surface area (Å²) in [6, 6.07) is 5.33. The predicted molar refractivity (Wildman–Crippen MR) is 85.3 cm³/mol. The van der Waals surface area contributed by atoms with E-state index in [-0.39, 0.29) is 11.8 Å². The predicted octanol–water partition coefficient (Wildman–Crippen LogP) is 2.01. The molecule has 1 rings (SSSR count).